The van der Waals surface area contributed by atoms with Gasteiger partial charge in [0.1, 0.15) is 0 Å². The molecule has 0 bridgehead atoms. The van der Waals surface area contributed by atoms with Crippen LogP contribution in [0.1, 0.15) is 56.3 Å². The lowest BCUT2D eigenvalue weighted by molar-refractivity contribution is 0.0949. The fourth-order valence-corrected chi connectivity index (χ4v) is 2.12. The zero-order chi connectivity index (χ0) is 15.7. The van der Waals surface area contributed by atoms with Gasteiger partial charge in [0.05, 0.1) is 5.56 Å². The van der Waals surface area contributed by atoms with E-state index in [-0.39, 0.29) is 17.3 Å². The molecule has 0 aliphatic carbocycles. The van der Waals surface area contributed by atoms with E-state index in [0.29, 0.717) is 6.54 Å². The maximum atomic E-state index is 13.9. The number of amides is 1. The van der Waals surface area contributed by atoms with E-state index in [0.717, 1.165) is 18.8 Å². The number of hydrogen-bond acceptors (Lipinski definition) is 3. The first-order valence-electron chi connectivity index (χ1n) is 7.66. The van der Waals surface area contributed by atoms with Crippen molar-refractivity contribution in [2.75, 3.05) is 18.9 Å². The molecule has 1 rings (SSSR count). The van der Waals surface area contributed by atoms with Gasteiger partial charge in [-0.25, -0.2) is 9.37 Å². The Morgan fingerprint density at radius 3 is 2.67 bits per heavy atom. The highest BCUT2D eigenvalue weighted by molar-refractivity contribution is 5.95. The first-order valence-corrected chi connectivity index (χ1v) is 7.66. The Kier molecular flexibility index (Phi) is 7.72. The van der Waals surface area contributed by atoms with Crippen LogP contribution in [0.4, 0.5) is 10.2 Å². The van der Waals surface area contributed by atoms with Crippen molar-refractivity contribution < 1.29 is 9.18 Å². The molecule has 4 nitrogen and oxygen atoms in total. The average molecular weight is 295 g/mol. The molecule has 0 aliphatic rings. The van der Waals surface area contributed by atoms with Crippen LogP contribution < -0.4 is 10.6 Å². The molecule has 21 heavy (non-hydrogen) atoms. The quantitative estimate of drug-likeness (QED) is 0.684. The topological polar surface area (TPSA) is 54.0 Å². The molecule has 0 aliphatic heterocycles. The number of pyridine rings is 1. The van der Waals surface area contributed by atoms with Gasteiger partial charge < -0.3 is 10.6 Å². The number of nitrogens with zero attached hydrogens (tertiary/aromatic N) is 1. The number of carbonyl (C=O) groups excluding carboxylic acids is 1. The fraction of sp³-hybridized carbons (Fsp3) is 0.625. The van der Waals surface area contributed by atoms with Crippen molar-refractivity contribution in [2.24, 2.45) is 5.92 Å². The summed E-state index contributed by atoms with van der Waals surface area (Å²) in [6, 6.07) is 1.40. The lowest BCUT2D eigenvalue weighted by Crippen LogP contribution is -2.25. The van der Waals surface area contributed by atoms with Crippen LogP contribution in [-0.2, 0) is 0 Å². The summed E-state index contributed by atoms with van der Waals surface area (Å²) in [6.07, 6.45) is 7.11. The molecule has 0 saturated carbocycles. The number of carbonyl (C=O) groups is 1. The van der Waals surface area contributed by atoms with Crippen LogP contribution in [0.25, 0.3) is 0 Å². The Labute approximate surface area is 126 Å². The molecule has 1 heterocycles. The summed E-state index contributed by atoms with van der Waals surface area (Å²) in [4.78, 5) is 15.7. The van der Waals surface area contributed by atoms with Crippen molar-refractivity contribution in [1.29, 1.82) is 0 Å². The third-order valence-electron chi connectivity index (χ3n) is 3.36. The number of hydrogen-bond donors (Lipinski definition) is 2. The van der Waals surface area contributed by atoms with Crippen LogP contribution >= 0.6 is 0 Å². The fourth-order valence-electron chi connectivity index (χ4n) is 2.12. The van der Waals surface area contributed by atoms with Gasteiger partial charge in [-0.1, -0.05) is 39.5 Å². The van der Waals surface area contributed by atoms with Crippen LogP contribution in [0.15, 0.2) is 12.3 Å². The summed E-state index contributed by atoms with van der Waals surface area (Å²) in [5.41, 5.74) is 0.0363. The molecule has 118 valence electrons. The maximum absolute atomic E-state index is 13.9. The Bertz CT molecular complexity index is 449. The second-order valence-corrected chi connectivity index (χ2v) is 5.62. The van der Waals surface area contributed by atoms with Gasteiger partial charge in [-0.2, -0.15) is 0 Å². The molecule has 0 fully saturated rings. The van der Waals surface area contributed by atoms with E-state index in [1.807, 2.05) is 0 Å². The first-order chi connectivity index (χ1) is 10.1. The third-order valence-corrected chi connectivity index (χ3v) is 3.36. The van der Waals surface area contributed by atoms with Gasteiger partial charge in [0.25, 0.3) is 5.91 Å². The number of unbranched alkanes of at least 4 members (excludes halogenated alkanes) is 3. The standard InChI is InChI=1S/C16H26FN3O/c1-12(2)8-6-4-5-7-10-20-16(21)13-9-11-19-15(18-3)14(13)17/h9,11-12H,4-8,10H2,1-3H3,(H,18,19)(H,20,21). The molecule has 2 N–H and O–H groups in total. The molecule has 0 atom stereocenters. The SMILES string of the molecule is CNc1nccc(C(=O)NCCCCCCC(C)C)c1F. The predicted molar refractivity (Wildman–Crippen MR) is 84.0 cm³/mol. The van der Waals surface area contributed by atoms with Gasteiger partial charge in [0.15, 0.2) is 11.6 Å². The molecular formula is C16H26FN3O. The lowest BCUT2D eigenvalue weighted by atomic mass is 10.0. The van der Waals surface area contributed by atoms with Gasteiger partial charge >= 0.3 is 0 Å². The Morgan fingerprint density at radius 1 is 1.29 bits per heavy atom. The van der Waals surface area contributed by atoms with E-state index in [2.05, 4.69) is 29.5 Å². The molecule has 0 aromatic carbocycles. The van der Waals surface area contributed by atoms with Crippen molar-refractivity contribution in [2.45, 2.75) is 46.0 Å². The van der Waals surface area contributed by atoms with E-state index >= 15 is 0 Å². The zero-order valence-corrected chi connectivity index (χ0v) is 13.2. The average Bonchev–Trinajstić information content (AvgIpc) is 2.46. The summed E-state index contributed by atoms with van der Waals surface area (Å²) in [5, 5.41) is 5.38. The number of rotatable bonds is 9. The van der Waals surface area contributed by atoms with E-state index in [9.17, 15) is 9.18 Å². The van der Waals surface area contributed by atoms with Crippen molar-refractivity contribution in [3.63, 3.8) is 0 Å². The van der Waals surface area contributed by atoms with Crippen LogP contribution in [-0.4, -0.2) is 24.5 Å². The van der Waals surface area contributed by atoms with Gasteiger partial charge in [-0.3, -0.25) is 4.79 Å². The molecule has 1 aromatic rings. The minimum Gasteiger partial charge on any atom is -0.371 e. The zero-order valence-electron chi connectivity index (χ0n) is 13.2. The second kappa shape index (κ2) is 9.32. The summed E-state index contributed by atoms with van der Waals surface area (Å²) in [6.45, 7) is 5.03. The molecule has 1 aromatic heterocycles. The Hall–Kier alpha value is -1.65. The molecule has 1 amide bonds. The van der Waals surface area contributed by atoms with E-state index in [1.54, 1.807) is 7.05 Å². The van der Waals surface area contributed by atoms with Crippen LogP contribution in [0, 0.1) is 11.7 Å². The highest BCUT2D eigenvalue weighted by Gasteiger charge is 2.14. The minimum absolute atomic E-state index is 0.0363. The van der Waals surface area contributed by atoms with Crippen LogP contribution in [0.3, 0.4) is 0 Å². The monoisotopic (exact) mass is 295 g/mol. The van der Waals surface area contributed by atoms with E-state index in [4.69, 9.17) is 0 Å². The van der Waals surface area contributed by atoms with E-state index < -0.39 is 5.82 Å². The van der Waals surface area contributed by atoms with Crippen molar-refractivity contribution in [3.05, 3.63) is 23.6 Å². The number of nitrogens with one attached hydrogen (secondary N) is 2. The molecule has 0 spiro atoms. The molecule has 0 radical (unpaired) electrons. The maximum Gasteiger partial charge on any atom is 0.254 e. The largest absolute Gasteiger partial charge is 0.371 e. The van der Waals surface area contributed by atoms with Crippen LogP contribution in [0.2, 0.25) is 0 Å². The summed E-state index contributed by atoms with van der Waals surface area (Å²) in [7, 11) is 1.57. The lowest BCUT2D eigenvalue weighted by Gasteiger charge is -2.08. The van der Waals surface area contributed by atoms with Gasteiger partial charge in [-0.05, 0) is 18.4 Å². The molecular weight excluding hydrogens is 269 g/mol. The molecule has 5 heteroatoms. The summed E-state index contributed by atoms with van der Waals surface area (Å²) >= 11 is 0. The van der Waals surface area contributed by atoms with Gasteiger partial charge in [-0.15, -0.1) is 0 Å². The van der Waals surface area contributed by atoms with E-state index in [1.165, 1.54) is 31.5 Å². The Morgan fingerprint density at radius 2 is 2.00 bits per heavy atom. The predicted octanol–water partition coefficient (Wildman–Crippen LogP) is 3.60. The smallest absolute Gasteiger partial charge is 0.254 e. The Balaban J connectivity index is 2.28. The van der Waals surface area contributed by atoms with Crippen molar-refractivity contribution in [3.8, 4) is 0 Å². The van der Waals surface area contributed by atoms with Gasteiger partial charge in [0, 0.05) is 19.8 Å². The van der Waals surface area contributed by atoms with Crippen LogP contribution in [0.5, 0.6) is 0 Å². The highest BCUT2D eigenvalue weighted by atomic mass is 19.1. The second-order valence-electron chi connectivity index (χ2n) is 5.62. The number of anilines is 1. The highest BCUT2D eigenvalue weighted by Crippen LogP contribution is 2.14. The number of halogens is 1. The van der Waals surface area contributed by atoms with Crippen molar-refractivity contribution in [1.82, 2.24) is 10.3 Å². The minimum atomic E-state index is -0.602. The normalized spacial score (nSPS) is 10.7. The van der Waals surface area contributed by atoms with Gasteiger partial charge in [0.2, 0.25) is 0 Å². The van der Waals surface area contributed by atoms with Crippen molar-refractivity contribution >= 4 is 11.7 Å². The third kappa shape index (κ3) is 6.10. The summed E-state index contributed by atoms with van der Waals surface area (Å²) in [5.74, 6) is -0.139. The molecule has 0 saturated heterocycles. The summed E-state index contributed by atoms with van der Waals surface area (Å²) < 4.78 is 13.9. The molecule has 0 unspecified atom stereocenters. The first kappa shape index (κ1) is 17.4. The number of aromatic nitrogens is 1.